The number of H-pyrrole nitrogens is 1. The molecule has 0 aliphatic heterocycles. The summed E-state index contributed by atoms with van der Waals surface area (Å²) in [6.45, 7) is 5.18. The number of hydrogen-bond donors (Lipinski definition) is 1. The van der Waals surface area contributed by atoms with Crippen molar-refractivity contribution in [3.8, 4) is 0 Å². The fraction of sp³-hybridized carbons (Fsp3) is 0.400. The highest BCUT2D eigenvalue weighted by molar-refractivity contribution is 5.89. The maximum Gasteiger partial charge on any atom is 0.344 e. The molecule has 2 heterocycles. The highest BCUT2D eigenvalue weighted by Crippen LogP contribution is 2.15. The fourth-order valence-electron chi connectivity index (χ4n) is 2.25. The average Bonchev–Trinajstić information content (AvgIpc) is 2.88. The summed E-state index contributed by atoms with van der Waals surface area (Å²) >= 11 is 0. The molecule has 0 saturated carbocycles. The molecular weight excluding hydrogens is 316 g/mol. The molecular formula is C15H18N4O5. The number of rotatable bonds is 6. The first-order chi connectivity index (χ1) is 11.3. The first kappa shape index (κ1) is 17.4. The molecule has 1 N–H and O–H groups in total. The van der Waals surface area contributed by atoms with E-state index in [-0.39, 0.29) is 17.9 Å². The van der Waals surface area contributed by atoms with Gasteiger partial charge >= 0.3 is 11.8 Å². The number of nitrogens with one attached hydrogen (secondary N) is 1. The Hall–Kier alpha value is -2.97. The maximum atomic E-state index is 12.2. The Balaban J connectivity index is 2.14. The molecule has 2 aromatic heterocycles. The Kier molecular flexibility index (Phi) is 5.12. The van der Waals surface area contributed by atoms with Gasteiger partial charge in [-0.2, -0.15) is 0 Å². The van der Waals surface area contributed by atoms with Crippen LogP contribution in [0, 0.1) is 17.0 Å². The Morgan fingerprint density at radius 1 is 1.54 bits per heavy atom. The minimum absolute atomic E-state index is 0.0687. The second-order valence-electron chi connectivity index (χ2n) is 5.35. The van der Waals surface area contributed by atoms with Crippen molar-refractivity contribution in [2.24, 2.45) is 0 Å². The van der Waals surface area contributed by atoms with E-state index in [4.69, 9.17) is 4.74 Å². The molecule has 1 unspecified atom stereocenters. The van der Waals surface area contributed by atoms with Crippen molar-refractivity contribution in [2.45, 2.75) is 39.8 Å². The summed E-state index contributed by atoms with van der Waals surface area (Å²) in [5.74, 6) is -0.504. The Labute approximate surface area is 137 Å². The lowest BCUT2D eigenvalue weighted by atomic mass is 10.1. The number of ether oxygens (including phenoxy) is 1. The molecule has 9 heteroatoms. The van der Waals surface area contributed by atoms with Crippen molar-refractivity contribution in [1.82, 2.24) is 14.5 Å². The van der Waals surface area contributed by atoms with Gasteiger partial charge in [-0.1, -0.05) is 6.92 Å². The standard InChI is InChI=1S/C15H18N4O5/c1-4-11-5-12(14(20)17-6-11)15(21)24-9(2)8-18-10(3)16-7-13(18)19(22)23/h5-7,9H,4,8H2,1-3H3,(H,17,20). The minimum atomic E-state index is -0.764. The second-order valence-corrected chi connectivity index (χ2v) is 5.35. The number of hydrogen-bond acceptors (Lipinski definition) is 6. The summed E-state index contributed by atoms with van der Waals surface area (Å²) < 4.78 is 6.60. The summed E-state index contributed by atoms with van der Waals surface area (Å²) in [5.41, 5.74) is 0.183. The van der Waals surface area contributed by atoms with Crippen LogP contribution in [0.2, 0.25) is 0 Å². The van der Waals surface area contributed by atoms with Gasteiger partial charge in [-0.3, -0.25) is 4.79 Å². The fourth-order valence-corrected chi connectivity index (χ4v) is 2.25. The number of aromatic amines is 1. The number of aromatic nitrogens is 3. The summed E-state index contributed by atoms with van der Waals surface area (Å²) in [6.07, 6.45) is 2.68. The number of nitrogens with zero attached hydrogens (tertiary/aromatic N) is 3. The quantitative estimate of drug-likeness (QED) is 0.486. The largest absolute Gasteiger partial charge is 0.455 e. The second kappa shape index (κ2) is 7.07. The molecule has 0 spiro atoms. The molecule has 0 aliphatic rings. The Morgan fingerprint density at radius 2 is 2.25 bits per heavy atom. The number of esters is 1. The normalized spacial score (nSPS) is 12.0. The van der Waals surface area contributed by atoms with E-state index in [1.54, 1.807) is 20.0 Å². The smallest absolute Gasteiger partial charge is 0.344 e. The van der Waals surface area contributed by atoms with Crippen molar-refractivity contribution < 1.29 is 14.5 Å². The lowest BCUT2D eigenvalue weighted by molar-refractivity contribution is -0.392. The van der Waals surface area contributed by atoms with Gasteiger partial charge in [0, 0.05) is 13.1 Å². The molecule has 24 heavy (non-hydrogen) atoms. The Morgan fingerprint density at radius 3 is 2.88 bits per heavy atom. The summed E-state index contributed by atoms with van der Waals surface area (Å²) in [6, 6.07) is 1.48. The number of pyridine rings is 1. The zero-order valence-corrected chi connectivity index (χ0v) is 13.6. The van der Waals surface area contributed by atoms with Gasteiger partial charge in [-0.15, -0.1) is 0 Å². The maximum absolute atomic E-state index is 12.2. The molecule has 128 valence electrons. The van der Waals surface area contributed by atoms with E-state index >= 15 is 0 Å². The van der Waals surface area contributed by atoms with Gasteiger partial charge < -0.3 is 19.8 Å². The molecule has 0 aliphatic carbocycles. The van der Waals surface area contributed by atoms with Crippen LogP contribution in [0.25, 0.3) is 0 Å². The molecule has 0 saturated heterocycles. The molecule has 0 aromatic carbocycles. The predicted molar refractivity (Wildman–Crippen MR) is 84.9 cm³/mol. The van der Waals surface area contributed by atoms with E-state index in [9.17, 15) is 19.7 Å². The predicted octanol–water partition coefficient (Wildman–Crippen LogP) is 1.60. The summed E-state index contributed by atoms with van der Waals surface area (Å²) in [5, 5.41) is 11.0. The van der Waals surface area contributed by atoms with Crippen molar-refractivity contribution in [2.75, 3.05) is 0 Å². The highest BCUT2D eigenvalue weighted by atomic mass is 16.6. The Bertz CT molecular complexity index is 824. The third-order valence-corrected chi connectivity index (χ3v) is 3.56. The van der Waals surface area contributed by atoms with Crippen LogP contribution in [0.5, 0.6) is 0 Å². The van der Waals surface area contributed by atoms with Crippen LogP contribution in [0.1, 0.15) is 35.6 Å². The van der Waals surface area contributed by atoms with Crippen molar-refractivity contribution >= 4 is 11.8 Å². The van der Waals surface area contributed by atoms with Crippen molar-refractivity contribution in [1.29, 1.82) is 0 Å². The summed E-state index contributed by atoms with van der Waals surface area (Å²) in [4.78, 5) is 40.7. The highest BCUT2D eigenvalue weighted by Gasteiger charge is 2.23. The molecule has 2 aromatic rings. The molecule has 0 fully saturated rings. The van der Waals surface area contributed by atoms with Gasteiger partial charge in [0.25, 0.3) is 5.56 Å². The SMILES string of the molecule is CCc1c[nH]c(=O)c(C(=O)OC(C)Cn2c([N+](=O)[O-])cnc2C)c1. The van der Waals surface area contributed by atoms with E-state index in [1.165, 1.54) is 10.6 Å². The van der Waals surface area contributed by atoms with Gasteiger partial charge in [0.15, 0.2) is 5.82 Å². The lowest BCUT2D eigenvalue weighted by Gasteiger charge is -2.13. The number of carbonyl (C=O) groups is 1. The van der Waals surface area contributed by atoms with Gasteiger partial charge in [0.05, 0.1) is 0 Å². The van der Waals surface area contributed by atoms with Gasteiger partial charge in [0.2, 0.25) is 0 Å². The van der Waals surface area contributed by atoms with Gasteiger partial charge in [-0.05, 0) is 29.9 Å². The molecule has 0 amide bonds. The van der Waals surface area contributed by atoms with Crippen LogP contribution in [0.15, 0.2) is 23.3 Å². The van der Waals surface area contributed by atoms with Crippen LogP contribution in [-0.4, -0.2) is 31.5 Å². The zero-order chi connectivity index (χ0) is 17.9. The minimum Gasteiger partial charge on any atom is -0.455 e. The first-order valence-electron chi connectivity index (χ1n) is 7.42. The van der Waals surface area contributed by atoms with E-state index in [0.29, 0.717) is 12.2 Å². The van der Waals surface area contributed by atoms with E-state index in [2.05, 4.69) is 9.97 Å². The number of nitro groups is 1. The topological polar surface area (TPSA) is 120 Å². The summed E-state index contributed by atoms with van der Waals surface area (Å²) in [7, 11) is 0. The van der Waals surface area contributed by atoms with Crippen LogP contribution >= 0.6 is 0 Å². The van der Waals surface area contributed by atoms with Crippen molar-refractivity contribution in [3.63, 3.8) is 0 Å². The zero-order valence-electron chi connectivity index (χ0n) is 13.6. The molecule has 9 nitrogen and oxygen atoms in total. The van der Waals surface area contributed by atoms with Crippen molar-refractivity contribution in [3.05, 3.63) is 55.9 Å². The van der Waals surface area contributed by atoms with E-state index < -0.39 is 22.6 Å². The third kappa shape index (κ3) is 3.67. The van der Waals surface area contributed by atoms with Crippen LogP contribution in [0.4, 0.5) is 5.82 Å². The third-order valence-electron chi connectivity index (χ3n) is 3.56. The van der Waals surface area contributed by atoms with Gasteiger partial charge in [0.1, 0.15) is 24.4 Å². The number of carbonyl (C=O) groups excluding carboxylic acids is 1. The average molecular weight is 334 g/mol. The van der Waals surface area contributed by atoms with Crippen LogP contribution < -0.4 is 5.56 Å². The monoisotopic (exact) mass is 334 g/mol. The van der Waals surface area contributed by atoms with E-state index in [1.807, 2.05) is 6.92 Å². The molecule has 2 rings (SSSR count). The molecule has 0 radical (unpaired) electrons. The number of aryl methyl sites for hydroxylation is 2. The lowest BCUT2D eigenvalue weighted by Crippen LogP contribution is -2.26. The van der Waals surface area contributed by atoms with Crippen LogP contribution in [0.3, 0.4) is 0 Å². The molecule has 1 atom stereocenters. The first-order valence-corrected chi connectivity index (χ1v) is 7.42. The molecule has 0 bridgehead atoms. The number of imidazole rings is 1. The van der Waals surface area contributed by atoms with E-state index in [0.717, 1.165) is 11.8 Å². The van der Waals surface area contributed by atoms with Gasteiger partial charge in [-0.25, -0.2) is 14.3 Å². The van der Waals surface area contributed by atoms with Crippen LogP contribution in [-0.2, 0) is 17.7 Å².